The second-order valence-electron chi connectivity index (χ2n) is 3.12. The van der Waals surface area contributed by atoms with Crippen LogP contribution in [0.2, 0.25) is 0 Å². The second kappa shape index (κ2) is 5.53. The number of halogens is 2. The van der Waals surface area contributed by atoms with Gasteiger partial charge in [-0.2, -0.15) is 0 Å². The Hall–Kier alpha value is -1.76. The summed E-state index contributed by atoms with van der Waals surface area (Å²) in [6, 6.07) is 2.70. The van der Waals surface area contributed by atoms with Crippen molar-refractivity contribution in [2.24, 2.45) is 0 Å². The van der Waals surface area contributed by atoms with Crippen molar-refractivity contribution in [1.82, 2.24) is 5.32 Å². The molecule has 0 aliphatic carbocycles. The first kappa shape index (κ1) is 13.3. The van der Waals surface area contributed by atoms with Gasteiger partial charge in [-0.05, 0) is 12.1 Å². The Morgan fingerprint density at radius 2 is 2.24 bits per heavy atom. The third-order valence-corrected chi connectivity index (χ3v) is 2.12. The lowest BCUT2D eigenvalue weighted by atomic mass is 10.1. The molecule has 5 nitrogen and oxygen atoms in total. The highest BCUT2D eigenvalue weighted by Gasteiger charge is 2.20. The third-order valence-electron chi connectivity index (χ3n) is 1.84. The van der Waals surface area contributed by atoms with Crippen molar-refractivity contribution in [2.45, 2.75) is 0 Å². The quantitative estimate of drug-likeness (QED) is 0.685. The fraction of sp³-hybridized carbons (Fsp3) is 0.100. The topological polar surface area (TPSA) is 72.2 Å². The Morgan fingerprint density at radius 1 is 1.59 bits per heavy atom. The molecule has 17 heavy (non-hydrogen) atoms. The van der Waals surface area contributed by atoms with Crippen molar-refractivity contribution in [3.63, 3.8) is 0 Å². The van der Waals surface area contributed by atoms with E-state index < -0.39 is 22.3 Å². The summed E-state index contributed by atoms with van der Waals surface area (Å²) in [5.74, 6) is -1.43. The lowest BCUT2D eigenvalue weighted by Gasteiger charge is -2.04. The summed E-state index contributed by atoms with van der Waals surface area (Å²) in [5, 5.41) is 13.0. The van der Waals surface area contributed by atoms with Crippen LogP contribution in [0.15, 0.2) is 29.3 Å². The number of hydrogen-bond donors (Lipinski definition) is 1. The van der Waals surface area contributed by atoms with Crippen molar-refractivity contribution < 1.29 is 14.1 Å². The van der Waals surface area contributed by atoms with Gasteiger partial charge in [0.1, 0.15) is 11.4 Å². The van der Waals surface area contributed by atoms with Crippen molar-refractivity contribution in [1.29, 1.82) is 0 Å². The van der Waals surface area contributed by atoms with E-state index in [1.165, 1.54) is 0 Å². The molecule has 0 aromatic heterocycles. The monoisotopic (exact) mass is 302 g/mol. The number of benzene rings is 1. The standard InChI is InChI=1S/C10H8BrFN2O3/c1-6(11)5-13-10(15)8-4-7(12)2-3-9(8)14(16)17/h2-4H,1,5H2,(H,13,15). The van der Waals surface area contributed by atoms with Crippen LogP contribution in [0, 0.1) is 15.9 Å². The predicted molar refractivity (Wildman–Crippen MR) is 63.5 cm³/mol. The van der Waals surface area contributed by atoms with Gasteiger partial charge in [-0.1, -0.05) is 22.5 Å². The van der Waals surface area contributed by atoms with Crippen LogP contribution in [0.5, 0.6) is 0 Å². The highest BCUT2D eigenvalue weighted by molar-refractivity contribution is 9.11. The Bertz CT molecular complexity index is 490. The van der Waals surface area contributed by atoms with E-state index in [2.05, 4.69) is 27.8 Å². The number of nitro groups is 1. The van der Waals surface area contributed by atoms with Crippen molar-refractivity contribution in [3.8, 4) is 0 Å². The van der Waals surface area contributed by atoms with E-state index >= 15 is 0 Å². The molecule has 1 amide bonds. The Labute approximate surface area is 105 Å². The first-order valence-corrected chi connectivity index (χ1v) is 5.26. The van der Waals surface area contributed by atoms with E-state index in [4.69, 9.17) is 0 Å². The van der Waals surface area contributed by atoms with Crippen LogP contribution in [-0.2, 0) is 0 Å². The number of nitrogens with zero attached hydrogens (tertiary/aromatic N) is 1. The molecular weight excluding hydrogens is 295 g/mol. The van der Waals surface area contributed by atoms with Gasteiger partial charge < -0.3 is 5.32 Å². The van der Waals surface area contributed by atoms with Gasteiger partial charge in [0.25, 0.3) is 11.6 Å². The summed E-state index contributed by atoms with van der Waals surface area (Å²) in [5.41, 5.74) is -0.757. The number of hydrogen-bond acceptors (Lipinski definition) is 3. The molecule has 90 valence electrons. The van der Waals surface area contributed by atoms with Gasteiger partial charge in [0.05, 0.1) is 4.92 Å². The van der Waals surface area contributed by atoms with E-state index in [9.17, 15) is 19.3 Å². The molecule has 1 aromatic carbocycles. The highest BCUT2D eigenvalue weighted by atomic mass is 79.9. The predicted octanol–water partition coefficient (Wildman–Crippen LogP) is 2.37. The molecule has 0 saturated heterocycles. The molecule has 0 fully saturated rings. The molecule has 1 N–H and O–H groups in total. The van der Waals surface area contributed by atoms with Crippen LogP contribution < -0.4 is 5.32 Å². The first-order chi connectivity index (χ1) is 7.91. The zero-order valence-corrected chi connectivity index (χ0v) is 10.2. The molecule has 0 bridgehead atoms. The number of carbonyl (C=O) groups excluding carboxylic acids is 1. The maximum Gasteiger partial charge on any atom is 0.282 e. The third kappa shape index (κ3) is 3.63. The van der Waals surface area contributed by atoms with Crippen LogP contribution in [0.25, 0.3) is 0 Å². The minimum absolute atomic E-state index is 0.104. The van der Waals surface area contributed by atoms with Crippen LogP contribution in [0.4, 0.5) is 10.1 Å². The summed E-state index contributed by atoms with van der Waals surface area (Å²) in [7, 11) is 0. The van der Waals surface area contributed by atoms with Crippen LogP contribution in [-0.4, -0.2) is 17.4 Å². The van der Waals surface area contributed by atoms with Crippen LogP contribution in [0.1, 0.15) is 10.4 Å². The lowest BCUT2D eigenvalue weighted by Crippen LogP contribution is -2.25. The van der Waals surface area contributed by atoms with Gasteiger partial charge in [-0.15, -0.1) is 0 Å². The molecule has 0 atom stereocenters. The molecule has 7 heteroatoms. The zero-order valence-electron chi connectivity index (χ0n) is 8.57. The van der Waals surface area contributed by atoms with Crippen molar-refractivity contribution >= 4 is 27.5 Å². The normalized spacial score (nSPS) is 9.76. The summed E-state index contributed by atoms with van der Waals surface area (Å²) in [6.07, 6.45) is 0. The van der Waals surface area contributed by atoms with Gasteiger partial charge in [0.15, 0.2) is 0 Å². The summed E-state index contributed by atoms with van der Waals surface area (Å²) in [4.78, 5) is 21.5. The summed E-state index contributed by atoms with van der Waals surface area (Å²) >= 11 is 3.02. The molecule has 0 aliphatic heterocycles. The highest BCUT2D eigenvalue weighted by Crippen LogP contribution is 2.19. The van der Waals surface area contributed by atoms with E-state index in [1.54, 1.807) is 0 Å². The molecule has 0 saturated carbocycles. The van der Waals surface area contributed by atoms with Gasteiger partial charge in [0.2, 0.25) is 0 Å². The average molecular weight is 303 g/mol. The molecule has 0 unspecified atom stereocenters. The van der Waals surface area contributed by atoms with Crippen molar-refractivity contribution in [3.05, 3.63) is 50.8 Å². The van der Waals surface area contributed by atoms with Gasteiger partial charge in [-0.25, -0.2) is 4.39 Å². The zero-order chi connectivity index (χ0) is 13.0. The Balaban J connectivity index is 3.02. The molecule has 0 spiro atoms. The van der Waals surface area contributed by atoms with Crippen LogP contribution in [0.3, 0.4) is 0 Å². The summed E-state index contributed by atoms with van der Waals surface area (Å²) in [6.45, 7) is 3.59. The van der Waals surface area contributed by atoms with Gasteiger partial charge in [-0.3, -0.25) is 14.9 Å². The number of nitrogens with one attached hydrogen (secondary N) is 1. The smallest absolute Gasteiger partial charge is 0.282 e. The molecule has 0 heterocycles. The second-order valence-corrected chi connectivity index (χ2v) is 4.24. The number of nitro benzene ring substituents is 1. The summed E-state index contributed by atoms with van der Waals surface area (Å²) < 4.78 is 13.4. The SMILES string of the molecule is C=C(Br)CNC(=O)c1cc(F)ccc1[N+](=O)[O-]. The Morgan fingerprint density at radius 3 is 2.76 bits per heavy atom. The lowest BCUT2D eigenvalue weighted by molar-refractivity contribution is -0.385. The van der Waals surface area contributed by atoms with E-state index in [1.807, 2.05) is 0 Å². The minimum Gasteiger partial charge on any atom is -0.347 e. The van der Waals surface area contributed by atoms with Gasteiger partial charge >= 0.3 is 0 Å². The largest absolute Gasteiger partial charge is 0.347 e. The van der Waals surface area contributed by atoms with E-state index in [0.717, 1.165) is 18.2 Å². The van der Waals surface area contributed by atoms with E-state index in [-0.39, 0.29) is 12.1 Å². The van der Waals surface area contributed by atoms with E-state index in [0.29, 0.717) is 4.48 Å². The molecule has 0 aliphatic rings. The maximum atomic E-state index is 12.9. The molecule has 1 rings (SSSR count). The van der Waals surface area contributed by atoms with Gasteiger partial charge in [0, 0.05) is 17.1 Å². The number of amides is 1. The number of carbonyl (C=O) groups is 1. The Kier molecular flexibility index (Phi) is 4.33. The first-order valence-electron chi connectivity index (χ1n) is 4.47. The van der Waals surface area contributed by atoms with Crippen molar-refractivity contribution in [2.75, 3.05) is 6.54 Å². The molecular formula is C10H8BrFN2O3. The average Bonchev–Trinajstić information content (AvgIpc) is 2.25. The number of rotatable bonds is 4. The molecule has 1 aromatic rings. The van der Waals surface area contributed by atoms with Crippen LogP contribution >= 0.6 is 15.9 Å². The minimum atomic E-state index is -0.739. The fourth-order valence-electron chi connectivity index (χ4n) is 1.12. The fourth-order valence-corrected chi connectivity index (χ4v) is 1.26. The maximum absolute atomic E-state index is 12.9. The molecule has 0 radical (unpaired) electrons.